The predicted octanol–water partition coefficient (Wildman–Crippen LogP) is 1.66. The largest absolute Gasteiger partial charge is 0.330 e. The fraction of sp³-hybridized carbons (Fsp3) is 0.308. The Morgan fingerprint density at radius 2 is 2.12 bits per heavy atom. The van der Waals surface area contributed by atoms with Crippen LogP contribution in [0.1, 0.15) is 12.0 Å². The Labute approximate surface area is 94.5 Å². The molecule has 2 aromatic rings. The highest BCUT2D eigenvalue weighted by molar-refractivity contribution is 5.81. The van der Waals surface area contributed by atoms with E-state index in [2.05, 4.69) is 0 Å². The minimum absolute atomic E-state index is 0.0750. The Morgan fingerprint density at radius 3 is 2.88 bits per heavy atom. The molecule has 2 rings (SSSR count). The average molecular weight is 216 g/mol. The predicted molar refractivity (Wildman–Crippen MR) is 66.6 cm³/mol. The van der Waals surface area contributed by atoms with Crippen LogP contribution in [0.5, 0.6) is 0 Å². The second kappa shape index (κ2) is 4.49. The maximum absolute atomic E-state index is 12.1. The van der Waals surface area contributed by atoms with Crippen LogP contribution in [0.4, 0.5) is 0 Å². The number of aromatic nitrogens is 1. The molecule has 0 saturated heterocycles. The van der Waals surface area contributed by atoms with Gasteiger partial charge < -0.3 is 10.3 Å². The van der Waals surface area contributed by atoms with Gasteiger partial charge in [-0.3, -0.25) is 4.79 Å². The highest BCUT2D eigenvalue weighted by Gasteiger charge is 2.01. The van der Waals surface area contributed by atoms with Crippen LogP contribution in [0.3, 0.4) is 0 Å². The molecule has 2 N–H and O–H groups in total. The number of pyridine rings is 1. The first kappa shape index (κ1) is 10.9. The molecule has 3 heteroatoms. The number of hydrogen-bond acceptors (Lipinski definition) is 2. The van der Waals surface area contributed by atoms with Crippen LogP contribution < -0.4 is 11.3 Å². The number of hydrogen-bond donors (Lipinski definition) is 1. The standard InChI is InChI=1S/C13H16N2O/c1-10-3-4-12-11(9-10)5-8-15(13(12)16)7-2-6-14/h3-5,8-9H,2,6-7,14H2,1H3. The molecule has 0 saturated carbocycles. The van der Waals surface area contributed by atoms with Crippen molar-refractivity contribution in [3.8, 4) is 0 Å². The third-order valence-corrected chi connectivity index (χ3v) is 2.74. The number of nitrogens with zero attached hydrogens (tertiary/aromatic N) is 1. The smallest absolute Gasteiger partial charge is 0.258 e. The van der Waals surface area contributed by atoms with Gasteiger partial charge in [0, 0.05) is 18.1 Å². The zero-order valence-corrected chi connectivity index (χ0v) is 9.44. The fourth-order valence-corrected chi connectivity index (χ4v) is 1.85. The van der Waals surface area contributed by atoms with Crippen molar-refractivity contribution < 1.29 is 0 Å². The van der Waals surface area contributed by atoms with Gasteiger partial charge in [0.15, 0.2) is 0 Å². The Bertz CT molecular complexity index is 557. The van der Waals surface area contributed by atoms with Gasteiger partial charge in [0.25, 0.3) is 5.56 Å². The van der Waals surface area contributed by atoms with Crippen molar-refractivity contribution in [2.75, 3.05) is 6.54 Å². The summed E-state index contributed by atoms with van der Waals surface area (Å²) in [6, 6.07) is 7.88. The number of fused-ring (bicyclic) bond motifs is 1. The first-order valence-corrected chi connectivity index (χ1v) is 5.52. The highest BCUT2D eigenvalue weighted by atomic mass is 16.1. The summed E-state index contributed by atoms with van der Waals surface area (Å²) in [5, 5.41) is 1.79. The molecular formula is C13H16N2O. The van der Waals surface area contributed by atoms with Gasteiger partial charge in [-0.1, -0.05) is 17.7 Å². The fourth-order valence-electron chi connectivity index (χ4n) is 1.85. The normalized spacial score (nSPS) is 10.9. The van der Waals surface area contributed by atoms with Gasteiger partial charge in [0.1, 0.15) is 0 Å². The molecule has 1 aromatic heterocycles. The molecule has 0 radical (unpaired) electrons. The molecule has 0 aliphatic carbocycles. The summed E-state index contributed by atoms with van der Waals surface area (Å²) < 4.78 is 1.73. The Morgan fingerprint density at radius 1 is 1.31 bits per heavy atom. The van der Waals surface area contributed by atoms with E-state index in [1.54, 1.807) is 4.57 Å². The van der Waals surface area contributed by atoms with Crippen LogP contribution in [-0.4, -0.2) is 11.1 Å². The molecule has 0 fully saturated rings. The van der Waals surface area contributed by atoms with Gasteiger partial charge in [-0.25, -0.2) is 0 Å². The summed E-state index contributed by atoms with van der Waals surface area (Å²) in [4.78, 5) is 12.1. The number of rotatable bonds is 3. The van der Waals surface area contributed by atoms with E-state index in [-0.39, 0.29) is 5.56 Å². The van der Waals surface area contributed by atoms with E-state index >= 15 is 0 Å². The minimum Gasteiger partial charge on any atom is -0.330 e. The number of benzene rings is 1. The third kappa shape index (κ3) is 1.99. The van der Waals surface area contributed by atoms with E-state index in [1.165, 1.54) is 5.56 Å². The number of nitrogens with two attached hydrogens (primary N) is 1. The van der Waals surface area contributed by atoms with E-state index in [4.69, 9.17) is 5.73 Å². The maximum Gasteiger partial charge on any atom is 0.258 e. The summed E-state index contributed by atoms with van der Waals surface area (Å²) in [6.07, 6.45) is 2.68. The van der Waals surface area contributed by atoms with Gasteiger partial charge in [-0.2, -0.15) is 0 Å². The monoisotopic (exact) mass is 216 g/mol. The second-order valence-corrected chi connectivity index (χ2v) is 4.05. The third-order valence-electron chi connectivity index (χ3n) is 2.74. The summed E-state index contributed by atoms with van der Waals surface area (Å²) in [5.74, 6) is 0. The molecule has 0 aliphatic rings. The van der Waals surface area contributed by atoms with Gasteiger partial charge in [-0.15, -0.1) is 0 Å². The summed E-state index contributed by atoms with van der Waals surface area (Å²) in [6.45, 7) is 3.33. The molecule has 0 spiro atoms. The van der Waals surface area contributed by atoms with E-state index in [0.29, 0.717) is 13.1 Å². The zero-order valence-electron chi connectivity index (χ0n) is 9.44. The van der Waals surface area contributed by atoms with Crippen LogP contribution in [-0.2, 0) is 6.54 Å². The average Bonchev–Trinajstić information content (AvgIpc) is 2.28. The minimum atomic E-state index is 0.0750. The van der Waals surface area contributed by atoms with Gasteiger partial charge in [-0.05, 0) is 37.4 Å². The number of aryl methyl sites for hydroxylation is 2. The first-order chi connectivity index (χ1) is 7.72. The Balaban J connectivity index is 2.53. The van der Waals surface area contributed by atoms with Gasteiger partial charge >= 0.3 is 0 Å². The lowest BCUT2D eigenvalue weighted by molar-refractivity contribution is 0.634. The Hall–Kier alpha value is -1.61. The lowest BCUT2D eigenvalue weighted by atomic mass is 10.1. The Kier molecular flexibility index (Phi) is 3.06. The summed E-state index contributed by atoms with van der Waals surface area (Å²) >= 11 is 0. The molecular weight excluding hydrogens is 200 g/mol. The van der Waals surface area contributed by atoms with E-state index in [9.17, 15) is 4.79 Å². The summed E-state index contributed by atoms with van der Waals surface area (Å²) in [5.41, 5.74) is 6.69. The van der Waals surface area contributed by atoms with Crippen molar-refractivity contribution in [2.24, 2.45) is 5.73 Å². The zero-order chi connectivity index (χ0) is 11.5. The lowest BCUT2D eigenvalue weighted by Gasteiger charge is -2.06. The van der Waals surface area contributed by atoms with E-state index < -0.39 is 0 Å². The molecule has 1 heterocycles. The van der Waals surface area contributed by atoms with Crippen molar-refractivity contribution in [1.29, 1.82) is 0 Å². The molecule has 0 bridgehead atoms. The lowest BCUT2D eigenvalue weighted by Crippen LogP contribution is -2.20. The van der Waals surface area contributed by atoms with Crippen LogP contribution in [0.2, 0.25) is 0 Å². The van der Waals surface area contributed by atoms with Gasteiger partial charge in [0.05, 0.1) is 0 Å². The quantitative estimate of drug-likeness (QED) is 0.848. The molecule has 3 nitrogen and oxygen atoms in total. The molecule has 16 heavy (non-hydrogen) atoms. The summed E-state index contributed by atoms with van der Waals surface area (Å²) in [7, 11) is 0. The molecule has 0 aliphatic heterocycles. The van der Waals surface area contributed by atoms with E-state index in [1.807, 2.05) is 37.4 Å². The van der Waals surface area contributed by atoms with Crippen molar-refractivity contribution in [3.63, 3.8) is 0 Å². The van der Waals surface area contributed by atoms with Gasteiger partial charge in [0.2, 0.25) is 0 Å². The van der Waals surface area contributed by atoms with Crippen molar-refractivity contribution in [3.05, 3.63) is 46.4 Å². The van der Waals surface area contributed by atoms with Crippen LogP contribution in [0, 0.1) is 6.92 Å². The maximum atomic E-state index is 12.1. The SMILES string of the molecule is Cc1ccc2c(=O)n(CCCN)ccc2c1. The second-order valence-electron chi connectivity index (χ2n) is 4.05. The molecule has 0 atom stereocenters. The van der Waals surface area contributed by atoms with Crippen LogP contribution >= 0.6 is 0 Å². The molecule has 84 valence electrons. The van der Waals surface area contributed by atoms with Crippen molar-refractivity contribution in [1.82, 2.24) is 4.57 Å². The molecule has 0 amide bonds. The van der Waals surface area contributed by atoms with Crippen molar-refractivity contribution >= 4 is 10.8 Å². The first-order valence-electron chi connectivity index (χ1n) is 5.52. The molecule has 0 unspecified atom stereocenters. The van der Waals surface area contributed by atoms with Crippen molar-refractivity contribution in [2.45, 2.75) is 19.9 Å². The van der Waals surface area contributed by atoms with E-state index in [0.717, 1.165) is 17.2 Å². The van der Waals surface area contributed by atoms with Crippen LogP contribution in [0.25, 0.3) is 10.8 Å². The highest BCUT2D eigenvalue weighted by Crippen LogP contribution is 2.11. The van der Waals surface area contributed by atoms with Crippen LogP contribution in [0.15, 0.2) is 35.3 Å². The molecule has 1 aromatic carbocycles. The topological polar surface area (TPSA) is 48.0 Å².